The smallest absolute Gasteiger partial charge is 0.407 e. The molecule has 132 valence electrons. The minimum absolute atomic E-state index is 0.171. The van der Waals surface area contributed by atoms with Crippen LogP contribution in [0.25, 0.3) is 0 Å². The number of alkyl carbamates (subject to hydrolysis) is 1. The van der Waals surface area contributed by atoms with Crippen LogP contribution in [-0.4, -0.2) is 23.8 Å². The lowest BCUT2D eigenvalue weighted by molar-refractivity contribution is 0.0506. The third kappa shape index (κ3) is 6.65. The predicted octanol–water partition coefficient (Wildman–Crippen LogP) is 4.02. The van der Waals surface area contributed by atoms with Crippen molar-refractivity contribution in [2.75, 3.05) is 6.54 Å². The zero-order chi connectivity index (χ0) is 17.5. The SMILES string of the molecule is CCc1ccc(CNC(CC)(CC)CNC(=O)OC(C)(C)C)o1. The van der Waals surface area contributed by atoms with E-state index in [0.29, 0.717) is 13.1 Å². The molecule has 1 heterocycles. The van der Waals surface area contributed by atoms with E-state index < -0.39 is 5.60 Å². The Morgan fingerprint density at radius 3 is 2.22 bits per heavy atom. The Balaban J connectivity index is 2.58. The summed E-state index contributed by atoms with van der Waals surface area (Å²) in [4.78, 5) is 11.9. The topological polar surface area (TPSA) is 63.5 Å². The zero-order valence-electron chi connectivity index (χ0n) is 15.4. The summed E-state index contributed by atoms with van der Waals surface area (Å²) >= 11 is 0. The maximum absolute atomic E-state index is 11.9. The molecule has 0 radical (unpaired) electrons. The quantitative estimate of drug-likeness (QED) is 0.758. The van der Waals surface area contributed by atoms with Gasteiger partial charge in [0.2, 0.25) is 0 Å². The minimum atomic E-state index is -0.483. The summed E-state index contributed by atoms with van der Waals surface area (Å²) in [5.41, 5.74) is -0.653. The lowest BCUT2D eigenvalue weighted by Crippen LogP contribution is -2.53. The first-order valence-corrected chi connectivity index (χ1v) is 8.53. The highest BCUT2D eigenvalue weighted by Crippen LogP contribution is 2.17. The molecule has 0 spiro atoms. The number of nitrogens with one attached hydrogen (secondary N) is 2. The summed E-state index contributed by atoms with van der Waals surface area (Å²) in [5.74, 6) is 1.91. The van der Waals surface area contributed by atoms with E-state index in [0.717, 1.165) is 30.8 Å². The van der Waals surface area contributed by atoms with Crippen molar-refractivity contribution in [1.29, 1.82) is 0 Å². The van der Waals surface area contributed by atoms with E-state index in [1.807, 2.05) is 32.9 Å². The lowest BCUT2D eigenvalue weighted by atomic mass is 9.92. The van der Waals surface area contributed by atoms with Gasteiger partial charge < -0.3 is 19.8 Å². The second-order valence-electron chi connectivity index (χ2n) is 6.92. The van der Waals surface area contributed by atoms with E-state index in [4.69, 9.17) is 9.15 Å². The van der Waals surface area contributed by atoms with Gasteiger partial charge in [0.05, 0.1) is 6.54 Å². The number of ether oxygens (including phenoxy) is 1. The molecule has 2 N–H and O–H groups in total. The van der Waals surface area contributed by atoms with E-state index in [9.17, 15) is 4.79 Å². The van der Waals surface area contributed by atoms with Crippen LogP contribution in [0.2, 0.25) is 0 Å². The molecule has 0 aromatic carbocycles. The molecule has 0 saturated carbocycles. The molecule has 1 rings (SSSR count). The van der Waals surface area contributed by atoms with E-state index in [1.54, 1.807) is 0 Å². The largest absolute Gasteiger partial charge is 0.465 e. The number of furan rings is 1. The molecular weight excluding hydrogens is 292 g/mol. The number of carbonyl (C=O) groups excluding carboxylic acids is 1. The fourth-order valence-corrected chi connectivity index (χ4v) is 2.35. The predicted molar refractivity (Wildman–Crippen MR) is 92.5 cm³/mol. The Hall–Kier alpha value is -1.49. The normalized spacial score (nSPS) is 12.3. The number of aryl methyl sites for hydroxylation is 1. The van der Waals surface area contributed by atoms with Gasteiger partial charge in [-0.3, -0.25) is 0 Å². The molecular formula is C18H32N2O3. The first-order valence-electron chi connectivity index (χ1n) is 8.53. The van der Waals surface area contributed by atoms with Gasteiger partial charge in [0.25, 0.3) is 0 Å². The van der Waals surface area contributed by atoms with Crippen LogP contribution in [-0.2, 0) is 17.7 Å². The van der Waals surface area contributed by atoms with Gasteiger partial charge in [-0.05, 0) is 45.7 Å². The van der Waals surface area contributed by atoms with Gasteiger partial charge in [-0.15, -0.1) is 0 Å². The monoisotopic (exact) mass is 324 g/mol. The van der Waals surface area contributed by atoms with Gasteiger partial charge in [0.15, 0.2) is 0 Å². The summed E-state index contributed by atoms with van der Waals surface area (Å²) in [6.45, 7) is 13.1. The van der Waals surface area contributed by atoms with Gasteiger partial charge in [-0.1, -0.05) is 20.8 Å². The number of amides is 1. The molecule has 0 fully saturated rings. The Bertz CT molecular complexity index is 485. The summed E-state index contributed by atoms with van der Waals surface area (Å²) in [5, 5.41) is 6.42. The third-order valence-electron chi connectivity index (χ3n) is 4.03. The van der Waals surface area contributed by atoms with Crippen molar-refractivity contribution in [1.82, 2.24) is 10.6 Å². The second kappa shape index (κ2) is 8.39. The summed E-state index contributed by atoms with van der Waals surface area (Å²) in [7, 11) is 0. The van der Waals surface area contributed by atoms with Crippen LogP contribution in [0, 0.1) is 0 Å². The van der Waals surface area contributed by atoms with Crippen LogP contribution < -0.4 is 10.6 Å². The summed E-state index contributed by atoms with van der Waals surface area (Å²) in [6.07, 6.45) is 2.32. The van der Waals surface area contributed by atoms with E-state index >= 15 is 0 Å². The number of carbonyl (C=O) groups is 1. The van der Waals surface area contributed by atoms with Crippen molar-refractivity contribution in [2.24, 2.45) is 0 Å². The molecule has 0 aliphatic rings. The van der Waals surface area contributed by atoms with Crippen molar-refractivity contribution in [3.8, 4) is 0 Å². The van der Waals surface area contributed by atoms with Crippen LogP contribution >= 0.6 is 0 Å². The fourth-order valence-electron chi connectivity index (χ4n) is 2.35. The molecule has 1 aromatic heterocycles. The molecule has 0 saturated heterocycles. The van der Waals surface area contributed by atoms with Crippen molar-refractivity contribution in [2.45, 2.75) is 78.5 Å². The molecule has 0 bridgehead atoms. The Morgan fingerprint density at radius 2 is 1.74 bits per heavy atom. The molecule has 0 atom stereocenters. The maximum Gasteiger partial charge on any atom is 0.407 e. The fraction of sp³-hybridized carbons (Fsp3) is 0.722. The summed E-state index contributed by atoms with van der Waals surface area (Å²) in [6, 6.07) is 4.01. The first kappa shape index (κ1) is 19.6. The van der Waals surface area contributed by atoms with Crippen molar-refractivity contribution >= 4 is 6.09 Å². The molecule has 0 aliphatic heterocycles. The first-order chi connectivity index (χ1) is 10.7. The van der Waals surface area contributed by atoms with Gasteiger partial charge in [0.1, 0.15) is 17.1 Å². The van der Waals surface area contributed by atoms with Crippen LogP contribution in [0.3, 0.4) is 0 Å². The Kier molecular flexibility index (Phi) is 7.13. The Labute approximate surface area is 140 Å². The number of hydrogen-bond donors (Lipinski definition) is 2. The van der Waals surface area contributed by atoms with Gasteiger partial charge in [-0.2, -0.15) is 0 Å². The van der Waals surface area contributed by atoms with Crippen LogP contribution in [0.5, 0.6) is 0 Å². The second-order valence-corrected chi connectivity index (χ2v) is 6.92. The van der Waals surface area contributed by atoms with Gasteiger partial charge in [0, 0.05) is 18.5 Å². The van der Waals surface area contributed by atoms with Crippen molar-refractivity contribution in [3.05, 3.63) is 23.7 Å². The average Bonchev–Trinajstić information content (AvgIpc) is 2.94. The van der Waals surface area contributed by atoms with E-state index in [-0.39, 0.29) is 11.6 Å². The highest BCUT2D eigenvalue weighted by Gasteiger charge is 2.27. The maximum atomic E-state index is 11.9. The molecule has 5 heteroatoms. The molecule has 0 unspecified atom stereocenters. The van der Waals surface area contributed by atoms with Crippen LogP contribution in [0.15, 0.2) is 16.5 Å². The third-order valence-corrected chi connectivity index (χ3v) is 4.03. The van der Waals surface area contributed by atoms with Gasteiger partial charge in [-0.25, -0.2) is 4.79 Å². The number of hydrogen-bond acceptors (Lipinski definition) is 4. The van der Waals surface area contributed by atoms with E-state index in [2.05, 4.69) is 31.4 Å². The van der Waals surface area contributed by atoms with Crippen LogP contribution in [0.4, 0.5) is 4.79 Å². The molecule has 5 nitrogen and oxygen atoms in total. The highest BCUT2D eigenvalue weighted by atomic mass is 16.6. The Morgan fingerprint density at radius 1 is 1.13 bits per heavy atom. The van der Waals surface area contributed by atoms with Gasteiger partial charge >= 0.3 is 6.09 Å². The van der Waals surface area contributed by atoms with Crippen molar-refractivity contribution < 1.29 is 13.9 Å². The standard InChI is InChI=1S/C18H32N2O3/c1-7-14-10-11-15(22-14)12-20-18(8-2,9-3)13-19-16(21)23-17(4,5)6/h10-11,20H,7-9,12-13H2,1-6H3,(H,19,21). The van der Waals surface area contributed by atoms with E-state index in [1.165, 1.54) is 0 Å². The molecule has 23 heavy (non-hydrogen) atoms. The minimum Gasteiger partial charge on any atom is -0.465 e. The number of rotatable bonds is 8. The zero-order valence-corrected chi connectivity index (χ0v) is 15.4. The average molecular weight is 324 g/mol. The highest BCUT2D eigenvalue weighted by molar-refractivity contribution is 5.67. The summed E-state index contributed by atoms with van der Waals surface area (Å²) < 4.78 is 11.0. The molecule has 1 aromatic rings. The van der Waals surface area contributed by atoms with Crippen molar-refractivity contribution in [3.63, 3.8) is 0 Å². The molecule has 0 aliphatic carbocycles. The van der Waals surface area contributed by atoms with Crippen LogP contribution in [0.1, 0.15) is 65.9 Å². The lowest BCUT2D eigenvalue weighted by Gasteiger charge is -2.33. The molecule has 1 amide bonds.